The number of amidine groups is 1. The number of amides is 1. The highest BCUT2D eigenvalue weighted by Crippen LogP contribution is 2.37. The van der Waals surface area contributed by atoms with Gasteiger partial charge >= 0.3 is 0 Å². The molecule has 3 unspecified atom stereocenters. The Labute approximate surface area is 165 Å². The molecule has 1 aliphatic heterocycles. The monoisotopic (exact) mass is 379 g/mol. The van der Waals surface area contributed by atoms with Crippen LogP contribution in [0.4, 0.5) is 4.39 Å². The van der Waals surface area contributed by atoms with E-state index < -0.39 is 0 Å². The molecule has 146 valence electrons. The first-order valence-electron chi connectivity index (χ1n) is 10.1. The Morgan fingerprint density at radius 1 is 1.32 bits per heavy atom. The number of hydrogen-bond donors (Lipinski definition) is 1. The van der Waals surface area contributed by atoms with E-state index >= 15 is 0 Å². The van der Waals surface area contributed by atoms with Gasteiger partial charge in [-0.2, -0.15) is 0 Å². The van der Waals surface area contributed by atoms with Gasteiger partial charge in [0.05, 0.1) is 24.2 Å². The number of nitrogens with one attached hydrogen (secondary N) is 1. The van der Waals surface area contributed by atoms with Crippen LogP contribution >= 0.6 is 0 Å². The molecule has 2 aliphatic carbocycles. The fraction of sp³-hybridized carbons (Fsp3) is 0.435. The van der Waals surface area contributed by atoms with E-state index in [1.54, 1.807) is 6.07 Å². The average Bonchev–Trinajstić information content (AvgIpc) is 2.68. The molecule has 5 heteroatoms. The van der Waals surface area contributed by atoms with Gasteiger partial charge in [-0.15, -0.1) is 0 Å². The quantitative estimate of drug-likeness (QED) is 0.827. The van der Waals surface area contributed by atoms with Gasteiger partial charge in [0.25, 0.3) is 0 Å². The molecule has 0 bridgehead atoms. The number of halogens is 1. The Morgan fingerprint density at radius 2 is 2.18 bits per heavy atom. The maximum atomic E-state index is 13.6. The van der Waals surface area contributed by atoms with E-state index in [4.69, 9.17) is 9.98 Å². The molecular weight excluding hydrogens is 353 g/mol. The standard InChI is InChI=1S/C23H26FN3O/c1-3-19-23(27-21(28)12-15-6-4-14(2)5-7-15)26-20-11-8-16-13-17(24)9-10-18(16)22(20)25-19/h4,6-7,9-10,13-14,20,22H,3,5,8,11-12H2,1-2H3,(H,26,27,28). The summed E-state index contributed by atoms with van der Waals surface area (Å²) < 4.78 is 13.6. The Kier molecular flexibility index (Phi) is 5.25. The molecule has 1 N–H and O–H groups in total. The van der Waals surface area contributed by atoms with Gasteiger partial charge in [0, 0.05) is 0 Å². The van der Waals surface area contributed by atoms with Crippen LogP contribution in [-0.2, 0) is 11.2 Å². The molecule has 4 rings (SSSR count). The van der Waals surface area contributed by atoms with Crippen molar-refractivity contribution in [1.29, 1.82) is 0 Å². The number of rotatable bonds is 3. The van der Waals surface area contributed by atoms with Crippen molar-refractivity contribution in [2.45, 2.75) is 58.0 Å². The fourth-order valence-electron chi connectivity index (χ4n) is 4.14. The number of carbonyl (C=O) groups excluding carboxylic acids is 1. The second kappa shape index (κ2) is 7.82. The molecule has 3 aliphatic rings. The van der Waals surface area contributed by atoms with Crippen molar-refractivity contribution in [3.63, 3.8) is 0 Å². The Hall–Kier alpha value is -2.56. The molecular formula is C23H26FN3O. The second-order valence-electron chi connectivity index (χ2n) is 7.88. The van der Waals surface area contributed by atoms with Crippen LogP contribution in [0.3, 0.4) is 0 Å². The molecule has 0 spiro atoms. The predicted molar refractivity (Wildman–Crippen MR) is 110 cm³/mol. The average molecular weight is 379 g/mol. The number of fused-ring (bicyclic) bond motifs is 3. The summed E-state index contributed by atoms with van der Waals surface area (Å²) in [6, 6.07) is 4.86. The third kappa shape index (κ3) is 3.84. The number of nitrogens with zero attached hydrogens (tertiary/aromatic N) is 2. The lowest BCUT2D eigenvalue weighted by atomic mass is 9.83. The van der Waals surface area contributed by atoms with Gasteiger partial charge in [-0.3, -0.25) is 14.8 Å². The van der Waals surface area contributed by atoms with Crippen LogP contribution in [0.15, 0.2) is 52.0 Å². The van der Waals surface area contributed by atoms with Crippen LogP contribution < -0.4 is 5.32 Å². The predicted octanol–water partition coefficient (Wildman–Crippen LogP) is 4.47. The minimum Gasteiger partial charge on any atom is -0.309 e. The first-order chi connectivity index (χ1) is 13.5. The summed E-state index contributed by atoms with van der Waals surface area (Å²) in [5.41, 5.74) is 3.94. The molecule has 28 heavy (non-hydrogen) atoms. The molecule has 1 heterocycles. The highest BCUT2D eigenvalue weighted by Gasteiger charge is 2.33. The van der Waals surface area contributed by atoms with Crippen molar-refractivity contribution in [1.82, 2.24) is 5.32 Å². The third-order valence-corrected chi connectivity index (χ3v) is 5.71. The minimum absolute atomic E-state index is 0.00166. The van der Waals surface area contributed by atoms with Crippen LogP contribution in [-0.4, -0.2) is 23.5 Å². The number of allylic oxidation sites excluding steroid dienone is 3. The van der Waals surface area contributed by atoms with Crippen LogP contribution in [0.25, 0.3) is 0 Å². The first-order valence-corrected chi connectivity index (χ1v) is 10.1. The second-order valence-corrected chi connectivity index (χ2v) is 7.88. The summed E-state index contributed by atoms with van der Waals surface area (Å²) in [7, 11) is 0. The van der Waals surface area contributed by atoms with Gasteiger partial charge in [0.15, 0.2) is 0 Å². The molecule has 0 saturated heterocycles. The normalized spacial score (nSPS) is 25.8. The Balaban J connectivity index is 1.50. The number of carbonyl (C=O) groups is 1. The van der Waals surface area contributed by atoms with Crippen molar-refractivity contribution in [2.24, 2.45) is 15.9 Å². The molecule has 3 atom stereocenters. The maximum absolute atomic E-state index is 13.6. The van der Waals surface area contributed by atoms with E-state index in [-0.39, 0.29) is 23.8 Å². The SMILES string of the molecule is CCC1=NC2c3ccc(F)cc3CCC2N=C1NC(=O)CC1=CCC(C)C=C1. The molecule has 0 radical (unpaired) electrons. The van der Waals surface area contributed by atoms with E-state index in [0.717, 1.165) is 41.7 Å². The molecule has 1 aromatic rings. The molecule has 4 nitrogen and oxygen atoms in total. The molecule has 0 saturated carbocycles. The smallest absolute Gasteiger partial charge is 0.229 e. The summed E-state index contributed by atoms with van der Waals surface area (Å²) in [5, 5.41) is 2.99. The summed E-state index contributed by atoms with van der Waals surface area (Å²) in [6.45, 7) is 4.18. The number of benzene rings is 1. The topological polar surface area (TPSA) is 53.8 Å². The molecule has 0 aromatic heterocycles. The van der Waals surface area contributed by atoms with E-state index in [9.17, 15) is 9.18 Å². The number of aliphatic imine (C=N–C) groups is 2. The maximum Gasteiger partial charge on any atom is 0.229 e. The summed E-state index contributed by atoms with van der Waals surface area (Å²) in [6.07, 6.45) is 9.94. The van der Waals surface area contributed by atoms with Gasteiger partial charge in [0.1, 0.15) is 11.7 Å². The lowest BCUT2D eigenvalue weighted by Crippen LogP contribution is -2.41. The van der Waals surface area contributed by atoms with Gasteiger partial charge in [-0.25, -0.2) is 4.39 Å². The summed E-state index contributed by atoms with van der Waals surface area (Å²) in [5.74, 6) is 0.882. The first kappa shape index (κ1) is 18.8. The fourth-order valence-corrected chi connectivity index (χ4v) is 4.14. The largest absolute Gasteiger partial charge is 0.309 e. The van der Waals surface area contributed by atoms with Crippen LogP contribution in [0.5, 0.6) is 0 Å². The highest BCUT2D eigenvalue weighted by molar-refractivity contribution is 6.44. The van der Waals surface area contributed by atoms with E-state index in [1.165, 1.54) is 6.07 Å². The van der Waals surface area contributed by atoms with Crippen LogP contribution in [0.1, 0.15) is 56.7 Å². The Morgan fingerprint density at radius 3 is 2.93 bits per heavy atom. The van der Waals surface area contributed by atoms with Gasteiger partial charge in [0.2, 0.25) is 5.91 Å². The number of hydrogen-bond acceptors (Lipinski definition) is 3. The highest BCUT2D eigenvalue weighted by atomic mass is 19.1. The summed E-state index contributed by atoms with van der Waals surface area (Å²) in [4.78, 5) is 22.3. The zero-order valence-corrected chi connectivity index (χ0v) is 16.4. The third-order valence-electron chi connectivity index (χ3n) is 5.71. The van der Waals surface area contributed by atoms with Gasteiger partial charge in [-0.1, -0.05) is 38.1 Å². The van der Waals surface area contributed by atoms with Gasteiger partial charge < -0.3 is 5.32 Å². The van der Waals surface area contributed by atoms with Crippen molar-refractivity contribution >= 4 is 17.5 Å². The van der Waals surface area contributed by atoms with Crippen molar-refractivity contribution < 1.29 is 9.18 Å². The minimum atomic E-state index is -0.204. The van der Waals surface area contributed by atoms with Crippen molar-refractivity contribution in [2.75, 3.05) is 0 Å². The van der Waals surface area contributed by atoms with Crippen molar-refractivity contribution in [3.8, 4) is 0 Å². The van der Waals surface area contributed by atoms with E-state index in [0.29, 0.717) is 24.6 Å². The zero-order chi connectivity index (χ0) is 19.7. The molecule has 1 amide bonds. The lowest BCUT2D eigenvalue weighted by Gasteiger charge is -2.33. The Bertz CT molecular complexity index is 912. The van der Waals surface area contributed by atoms with Gasteiger partial charge in [-0.05, 0) is 60.4 Å². The van der Waals surface area contributed by atoms with Crippen LogP contribution in [0, 0.1) is 11.7 Å². The van der Waals surface area contributed by atoms with E-state index in [2.05, 4.69) is 24.4 Å². The van der Waals surface area contributed by atoms with Crippen molar-refractivity contribution in [3.05, 3.63) is 58.9 Å². The lowest BCUT2D eigenvalue weighted by molar-refractivity contribution is -0.118. The zero-order valence-electron chi connectivity index (χ0n) is 16.4. The van der Waals surface area contributed by atoms with Crippen LogP contribution in [0.2, 0.25) is 0 Å². The summed E-state index contributed by atoms with van der Waals surface area (Å²) >= 11 is 0. The van der Waals surface area contributed by atoms with E-state index in [1.807, 2.05) is 19.1 Å². The molecule has 0 fully saturated rings. The number of aryl methyl sites for hydroxylation is 1. The molecule has 1 aromatic carbocycles.